The fraction of sp³-hybridized carbons (Fsp3) is 0.438. The molecular weight excluding hydrogens is 280 g/mol. The molecule has 0 aliphatic carbocycles. The van der Waals surface area contributed by atoms with Gasteiger partial charge in [-0.25, -0.2) is 4.79 Å². The van der Waals surface area contributed by atoms with Crippen molar-refractivity contribution in [1.82, 2.24) is 20.5 Å². The maximum absolute atomic E-state index is 12.3. The number of aromatic nitrogens is 1. The minimum Gasteiger partial charge on any atom is -0.339 e. The van der Waals surface area contributed by atoms with Gasteiger partial charge in [-0.15, -0.1) is 6.58 Å². The molecule has 2 rings (SSSR count). The normalized spacial score (nSPS) is 15.2. The molecule has 118 valence electrons. The van der Waals surface area contributed by atoms with Crippen LogP contribution in [0.2, 0.25) is 0 Å². The lowest BCUT2D eigenvalue weighted by Crippen LogP contribution is -2.43. The molecule has 2 heterocycles. The van der Waals surface area contributed by atoms with Gasteiger partial charge in [0.2, 0.25) is 0 Å². The van der Waals surface area contributed by atoms with Gasteiger partial charge in [0.15, 0.2) is 0 Å². The summed E-state index contributed by atoms with van der Waals surface area (Å²) < 4.78 is 0. The molecule has 1 aromatic heterocycles. The van der Waals surface area contributed by atoms with Crippen LogP contribution in [0.4, 0.5) is 4.79 Å². The Morgan fingerprint density at radius 3 is 2.59 bits per heavy atom. The van der Waals surface area contributed by atoms with Crippen LogP contribution in [-0.4, -0.2) is 48.0 Å². The van der Waals surface area contributed by atoms with Crippen LogP contribution in [0.1, 0.15) is 23.2 Å². The quantitative estimate of drug-likeness (QED) is 0.808. The highest BCUT2D eigenvalue weighted by atomic mass is 16.2. The first-order valence-corrected chi connectivity index (χ1v) is 7.52. The van der Waals surface area contributed by atoms with E-state index in [2.05, 4.69) is 22.2 Å². The molecule has 0 bridgehead atoms. The maximum atomic E-state index is 12.3. The van der Waals surface area contributed by atoms with Crippen molar-refractivity contribution in [3.05, 3.63) is 42.7 Å². The number of pyridine rings is 1. The lowest BCUT2D eigenvalue weighted by atomic mass is 9.96. The highest BCUT2D eigenvalue weighted by Crippen LogP contribution is 2.18. The number of nitrogens with zero attached hydrogens (tertiary/aromatic N) is 2. The molecule has 1 aromatic rings. The van der Waals surface area contributed by atoms with Crippen LogP contribution in [0.5, 0.6) is 0 Å². The number of urea groups is 1. The summed E-state index contributed by atoms with van der Waals surface area (Å²) in [7, 11) is 0. The van der Waals surface area contributed by atoms with Crippen molar-refractivity contribution in [2.45, 2.75) is 12.8 Å². The van der Waals surface area contributed by atoms with E-state index in [4.69, 9.17) is 0 Å². The van der Waals surface area contributed by atoms with E-state index >= 15 is 0 Å². The fourth-order valence-corrected chi connectivity index (χ4v) is 2.48. The number of likely N-dealkylation sites (tertiary alicyclic amines) is 1. The summed E-state index contributed by atoms with van der Waals surface area (Å²) in [5.41, 5.74) is 0.676. The second-order valence-electron chi connectivity index (χ2n) is 5.35. The first-order valence-electron chi connectivity index (χ1n) is 7.52. The van der Waals surface area contributed by atoms with Crippen molar-refractivity contribution in [2.75, 3.05) is 26.2 Å². The number of piperidine rings is 1. The molecule has 22 heavy (non-hydrogen) atoms. The Kier molecular flexibility index (Phi) is 5.94. The molecule has 6 heteroatoms. The van der Waals surface area contributed by atoms with E-state index < -0.39 is 0 Å². The number of nitrogens with one attached hydrogen (secondary N) is 2. The molecule has 2 N–H and O–H groups in total. The second kappa shape index (κ2) is 8.17. The fourth-order valence-electron chi connectivity index (χ4n) is 2.48. The number of carbonyl (C=O) groups excluding carboxylic acids is 2. The monoisotopic (exact) mass is 302 g/mol. The molecule has 3 amide bonds. The van der Waals surface area contributed by atoms with Crippen LogP contribution in [0, 0.1) is 5.92 Å². The van der Waals surface area contributed by atoms with Crippen molar-refractivity contribution in [3.8, 4) is 0 Å². The van der Waals surface area contributed by atoms with Crippen molar-refractivity contribution < 1.29 is 9.59 Å². The van der Waals surface area contributed by atoms with Gasteiger partial charge in [-0.1, -0.05) is 6.08 Å². The lowest BCUT2D eigenvalue weighted by Gasteiger charge is -2.32. The third-order valence-corrected chi connectivity index (χ3v) is 3.79. The number of hydrogen-bond acceptors (Lipinski definition) is 3. The third kappa shape index (κ3) is 4.58. The van der Waals surface area contributed by atoms with Gasteiger partial charge in [0.05, 0.1) is 0 Å². The van der Waals surface area contributed by atoms with Gasteiger partial charge in [0, 0.05) is 44.1 Å². The molecule has 1 fully saturated rings. The summed E-state index contributed by atoms with van der Waals surface area (Å²) in [4.78, 5) is 29.6. The molecular formula is C16H22N4O2. The van der Waals surface area contributed by atoms with E-state index in [0.717, 1.165) is 25.9 Å². The van der Waals surface area contributed by atoms with Crippen molar-refractivity contribution in [1.29, 1.82) is 0 Å². The summed E-state index contributed by atoms with van der Waals surface area (Å²) in [6, 6.07) is 3.30. The summed E-state index contributed by atoms with van der Waals surface area (Å²) in [6.45, 7) is 6.10. The van der Waals surface area contributed by atoms with Gasteiger partial charge in [0.1, 0.15) is 0 Å². The van der Waals surface area contributed by atoms with E-state index in [1.807, 2.05) is 4.90 Å². The van der Waals surface area contributed by atoms with Crippen molar-refractivity contribution >= 4 is 11.9 Å². The van der Waals surface area contributed by atoms with Crippen molar-refractivity contribution in [3.63, 3.8) is 0 Å². The molecule has 0 saturated carbocycles. The Hall–Kier alpha value is -2.37. The van der Waals surface area contributed by atoms with E-state index in [0.29, 0.717) is 24.6 Å². The minimum absolute atomic E-state index is 0.0533. The zero-order chi connectivity index (χ0) is 15.8. The van der Waals surface area contributed by atoms with Gasteiger partial charge >= 0.3 is 6.03 Å². The zero-order valence-corrected chi connectivity index (χ0v) is 12.6. The summed E-state index contributed by atoms with van der Waals surface area (Å²) in [5.74, 6) is 0.466. The third-order valence-electron chi connectivity index (χ3n) is 3.79. The Balaban J connectivity index is 1.73. The van der Waals surface area contributed by atoms with Gasteiger partial charge in [-0.3, -0.25) is 9.78 Å². The summed E-state index contributed by atoms with van der Waals surface area (Å²) >= 11 is 0. The highest BCUT2D eigenvalue weighted by Gasteiger charge is 2.23. The van der Waals surface area contributed by atoms with Crippen LogP contribution in [-0.2, 0) is 0 Å². The number of hydrogen-bond donors (Lipinski definition) is 2. The Morgan fingerprint density at radius 1 is 1.27 bits per heavy atom. The molecule has 0 unspecified atom stereocenters. The molecule has 0 atom stereocenters. The van der Waals surface area contributed by atoms with E-state index in [-0.39, 0.29) is 11.9 Å². The number of rotatable bonds is 5. The average Bonchev–Trinajstić information content (AvgIpc) is 2.58. The molecule has 1 saturated heterocycles. The van der Waals surface area contributed by atoms with Crippen LogP contribution >= 0.6 is 0 Å². The standard InChI is InChI=1S/C16H22N4O2/c1-2-7-18-16(22)19-12-13-5-10-20(11-6-13)15(21)14-3-8-17-9-4-14/h2-4,8-9,13H,1,5-7,10-12H2,(H2,18,19,22). The van der Waals surface area contributed by atoms with E-state index in [1.54, 1.807) is 30.6 Å². The highest BCUT2D eigenvalue weighted by molar-refractivity contribution is 5.94. The minimum atomic E-state index is -0.171. The predicted molar refractivity (Wildman–Crippen MR) is 84.5 cm³/mol. The maximum Gasteiger partial charge on any atom is 0.315 e. The number of carbonyl (C=O) groups is 2. The topological polar surface area (TPSA) is 74.3 Å². The second-order valence-corrected chi connectivity index (χ2v) is 5.35. The van der Waals surface area contributed by atoms with Crippen molar-refractivity contribution in [2.24, 2.45) is 5.92 Å². The Labute approximate surface area is 130 Å². The lowest BCUT2D eigenvalue weighted by molar-refractivity contribution is 0.0690. The van der Waals surface area contributed by atoms with E-state index in [9.17, 15) is 9.59 Å². The predicted octanol–water partition coefficient (Wildman–Crippen LogP) is 1.42. The first-order chi connectivity index (χ1) is 10.7. The van der Waals surface area contributed by atoms with Crippen LogP contribution in [0.25, 0.3) is 0 Å². The molecule has 1 aliphatic rings. The van der Waals surface area contributed by atoms with Crippen LogP contribution in [0.15, 0.2) is 37.2 Å². The van der Waals surface area contributed by atoms with Crippen LogP contribution < -0.4 is 10.6 Å². The Morgan fingerprint density at radius 2 is 1.95 bits per heavy atom. The molecule has 6 nitrogen and oxygen atoms in total. The molecule has 0 aromatic carbocycles. The molecule has 0 radical (unpaired) electrons. The van der Waals surface area contributed by atoms with Gasteiger partial charge in [-0.2, -0.15) is 0 Å². The van der Waals surface area contributed by atoms with Gasteiger partial charge in [-0.05, 0) is 30.9 Å². The van der Waals surface area contributed by atoms with Gasteiger partial charge < -0.3 is 15.5 Å². The molecule has 1 aliphatic heterocycles. The largest absolute Gasteiger partial charge is 0.339 e. The van der Waals surface area contributed by atoms with E-state index in [1.165, 1.54) is 0 Å². The first kappa shape index (κ1) is 16.0. The Bertz CT molecular complexity index is 510. The SMILES string of the molecule is C=CCNC(=O)NCC1CCN(C(=O)c2ccncc2)CC1. The molecule has 0 spiro atoms. The number of amides is 3. The average molecular weight is 302 g/mol. The zero-order valence-electron chi connectivity index (χ0n) is 12.6. The summed E-state index contributed by atoms with van der Waals surface area (Å²) in [6.07, 6.45) is 6.71. The smallest absolute Gasteiger partial charge is 0.315 e. The van der Waals surface area contributed by atoms with Crippen LogP contribution in [0.3, 0.4) is 0 Å². The summed E-state index contributed by atoms with van der Waals surface area (Å²) in [5, 5.41) is 5.54. The van der Waals surface area contributed by atoms with Gasteiger partial charge in [0.25, 0.3) is 5.91 Å².